The summed E-state index contributed by atoms with van der Waals surface area (Å²) in [4.78, 5) is 41.9. The highest BCUT2D eigenvalue weighted by atomic mass is 16.5. The zero-order valence-electron chi connectivity index (χ0n) is 15.9. The summed E-state index contributed by atoms with van der Waals surface area (Å²) in [6.07, 6.45) is 1.60. The number of aromatic amines is 1. The van der Waals surface area contributed by atoms with Crippen molar-refractivity contribution in [2.75, 3.05) is 13.2 Å². The highest BCUT2D eigenvalue weighted by molar-refractivity contribution is 6.06. The van der Waals surface area contributed by atoms with Crippen LogP contribution in [0, 0.1) is 19.8 Å². The molecule has 0 aliphatic carbocycles. The van der Waals surface area contributed by atoms with Crippen LogP contribution in [-0.4, -0.2) is 46.7 Å². The quantitative estimate of drug-likeness (QED) is 0.445. The lowest BCUT2D eigenvalue weighted by Gasteiger charge is -2.29. The molecule has 138 valence electrons. The van der Waals surface area contributed by atoms with Crippen molar-refractivity contribution in [3.05, 3.63) is 35.2 Å². The van der Waals surface area contributed by atoms with Crippen LogP contribution >= 0.6 is 0 Å². The highest BCUT2D eigenvalue weighted by Gasteiger charge is 2.31. The van der Waals surface area contributed by atoms with Gasteiger partial charge in [0.05, 0.1) is 12.6 Å². The summed E-state index contributed by atoms with van der Waals surface area (Å²) in [7, 11) is 0. The number of esters is 1. The molecule has 0 bridgehead atoms. The maximum atomic E-state index is 13.0. The number of hydrogen-bond donors (Lipinski definition) is 1. The zero-order chi connectivity index (χ0) is 19.3. The minimum absolute atomic E-state index is 0.114. The van der Waals surface area contributed by atoms with Gasteiger partial charge in [0, 0.05) is 23.7 Å². The summed E-state index contributed by atoms with van der Waals surface area (Å²) in [5.74, 6) is -1.04. The molecule has 1 aromatic heterocycles. The Morgan fingerprint density at radius 2 is 1.84 bits per heavy atom. The van der Waals surface area contributed by atoms with Gasteiger partial charge in [-0.15, -0.1) is 6.58 Å². The van der Waals surface area contributed by atoms with E-state index in [-0.39, 0.29) is 36.5 Å². The van der Waals surface area contributed by atoms with E-state index in [2.05, 4.69) is 11.6 Å². The van der Waals surface area contributed by atoms with E-state index in [1.54, 1.807) is 47.6 Å². The van der Waals surface area contributed by atoms with Crippen molar-refractivity contribution in [3.63, 3.8) is 0 Å². The molecular weight excluding hydrogens is 320 g/mol. The van der Waals surface area contributed by atoms with Crippen LogP contribution in [0.1, 0.15) is 59.8 Å². The molecule has 0 saturated heterocycles. The molecule has 0 aromatic carbocycles. The molecule has 0 fully saturated rings. The third-order valence-electron chi connectivity index (χ3n) is 4.11. The smallest absolute Gasteiger partial charge is 0.355 e. The summed E-state index contributed by atoms with van der Waals surface area (Å²) in [5.41, 5.74) is 1.85. The Balaban J connectivity index is 3.23. The molecule has 6 nitrogen and oxygen atoms in total. The van der Waals surface area contributed by atoms with Crippen LogP contribution in [0.4, 0.5) is 0 Å². The van der Waals surface area contributed by atoms with E-state index in [1.165, 1.54) is 4.90 Å². The molecule has 1 rings (SSSR count). The molecule has 25 heavy (non-hydrogen) atoms. The number of rotatable bonds is 8. The molecule has 1 aromatic rings. The number of nitrogens with one attached hydrogen (secondary N) is 1. The minimum Gasteiger partial charge on any atom is -0.461 e. The number of ether oxygens (including phenoxy) is 1. The summed E-state index contributed by atoms with van der Waals surface area (Å²) in [5, 5.41) is 0. The number of ketones is 1. The molecule has 1 amide bonds. The van der Waals surface area contributed by atoms with Crippen LogP contribution in [0.3, 0.4) is 0 Å². The zero-order valence-corrected chi connectivity index (χ0v) is 15.9. The van der Waals surface area contributed by atoms with E-state index in [0.717, 1.165) is 0 Å². The molecular formula is C19H28N2O4. The van der Waals surface area contributed by atoms with Crippen molar-refractivity contribution in [3.8, 4) is 0 Å². The average molecular weight is 348 g/mol. The van der Waals surface area contributed by atoms with Gasteiger partial charge in [0.15, 0.2) is 5.78 Å². The number of aromatic nitrogens is 1. The predicted molar refractivity (Wildman–Crippen MR) is 96.8 cm³/mol. The summed E-state index contributed by atoms with van der Waals surface area (Å²) >= 11 is 0. The molecule has 1 N–H and O–H groups in total. The molecule has 0 aliphatic rings. The lowest BCUT2D eigenvalue weighted by molar-refractivity contribution is -0.135. The second-order valence-corrected chi connectivity index (χ2v) is 6.32. The van der Waals surface area contributed by atoms with Gasteiger partial charge in [0.2, 0.25) is 5.91 Å². The Morgan fingerprint density at radius 3 is 2.32 bits per heavy atom. The molecule has 6 heteroatoms. The van der Waals surface area contributed by atoms with E-state index in [0.29, 0.717) is 16.8 Å². The SMILES string of the molecule is C=CCN(C(=O)C(C)C)C(C)C(=O)c1c(C)[nH]c(C(=O)OCC)c1C. The van der Waals surface area contributed by atoms with E-state index in [9.17, 15) is 14.4 Å². The number of H-pyrrole nitrogens is 1. The maximum Gasteiger partial charge on any atom is 0.355 e. The van der Waals surface area contributed by atoms with Crippen LogP contribution < -0.4 is 0 Å². The Morgan fingerprint density at radius 1 is 1.24 bits per heavy atom. The molecule has 0 spiro atoms. The van der Waals surface area contributed by atoms with Gasteiger partial charge in [-0.05, 0) is 33.3 Å². The van der Waals surface area contributed by atoms with E-state index in [1.807, 2.05) is 0 Å². The number of aryl methyl sites for hydroxylation is 1. The van der Waals surface area contributed by atoms with Crippen molar-refractivity contribution in [2.24, 2.45) is 5.92 Å². The number of amides is 1. The van der Waals surface area contributed by atoms with E-state index in [4.69, 9.17) is 4.74 Å². The largest absolute Gasteiger partial charge is 0.461 e. The van der Waals surface area contributed by atoms with Crippen LogP contribution in [0.15, 0.2) is 12.7 Å². The van der Waals surface area contributed by atoms with Crippen LogP contribution in [0.25, 0.3) is 0 Å². The summed E-state index contributed by atoms with van der Waals surface area (Å²) < 4.78 is 5.01. The molecule has 0 saturated carbocycles. The minimum atomic E-state index is -0.656. The first kappa shape index (κ1) is 20.7. The Hall–Kier alpha value is -2.37. The first-order chi connectivity index (χ1) is 11.7. The standard InChI is InChI=1S/C19H28N2O4/c1-8-10-21(18(23)11(3)4)14(7)17(22)15-12(5)16(20-13(15)6)19(24)25-9-2/h8,11,14,20H,1,9-10H2,2-7H3. The van der Waals surface area contributed by atoms with E-state index >= 15 is 0 Å². The number of carbonyl (C=O) groups is 3. The van der Waals surface area contributed by atoms with Gasteiger partial charge in [-0.3, -0.25) is 9.59 Å². The van der Waals surface area contributed by atoms with Crippen molar-refractivity contribution in [1.82, 2.24) is 9.88 Å². The van der Waals surface area contributed by atoms with Crippen molar-refractivity contribution in [2.45, 2.75) is 47.6 Å². The summed E-state index contributed by atoms with van der Waals surface area (Å²) in [6.45, 7) is 14.7. The van der Waals surface area contributed by atoms with E-state index < -0.39 is 12.0 Å². The number of nitrogens with zero attached hydrogens (tertiary/aromatic N) is 1. The molecule has 1 atom stereocenters. The molecule has 0 aliphatic heterocycles. The lowest BCUT2D eigenvalue weighted by atomic mass is 9.99. The van der Waals surface area contributed by atoms with Crippen molar-refractivity contribution < 1.29 is 19.1 Å². The van der Waals surface area contributed by atoms with Gasteiger partial charge in [-0.1, -0.05) is 19.9 Å². The second kappa shape index (κ2) is 8.65. The van der Waals surface area contributed by atoms with Gasteiger partial charge < -0.3 is 14.6 Å². The average Bonchev–Trinajstić information content (AvgIpc) is 2.85. The van der Waals surface area contributed by atoms with Crippen molar-refractivity contribution in [1.29, 1.82) is 0 Å². The van der Waals surface area contributed by atoms with Gasteiger partial charge in [-0.25, -0.2) is 4.79 Å². The fourth-order valence-electron chi connectivity index (χ4n) is 2.79. The lowest BCUT2D eigenvalue weighted by Crippen LogP contribution is -2.45. The third kappa shape index (κ3) is 4.38. The van der Waals surface area contributed by atoms with Gasteiger partial charge in [0.25, 0.3) is 0 Å². The normalized spacial score (nSPS) is 12.0. The first-order valence-electron chi connectivity index (χ1n) is 8.49. The number of hydrogen-bond acceptors (Lipinski definition) is 4. The van der Waals surface area contributed by atoms with Crippen LogP contribution in [-0.2, 0) is 9.53 Å². The molecule has 1 unspecified atom stereocenters. The van der Waals surface area contributed by atoms with Gasteiger partial charge in [0.1, 0.15) is 5.69 Å². The maximum absolute atomic E-state index is 13.0. The number of Topliss-reactive ketones (excluding diaryl/α,β-unsaturated/α-hetero) is 1. The number of carbonyl (C=O) groups excluding carboxylic acids is 3. The molecule has 1 heterocycles. The Bertz CT molecular complexity index is 673. The van der Waals surface area contributed by atoms with Crippen molar-refractivity contribution >= 4 is 17.7 Å². The Kier molecular flexibility index (Phi) is 7.15. The second-order valence-electron chi connectivity index (χ2n) is 6.32. The highest BCUT2D eigenvalue weighted by Crippen LogP contribution is 2.22. The topological polar surface area (TPSA) is 79.5 Å². The predicted octanol–water partition coefficient (Wildman–Crippen LogP) is 3.05. The summed E-state index contributed by atoms with van der Waals surface area (Å²) in [6, 6.07) is -0.656. The fraction of sp³-hybridized carbons (Fsp3) is 0.526. The van der Waals surface area contributed by atoms with Crippen LogP contribution in [0.2, 0.25) is 0 Å². The van der Waals surface area contributed by atoms with Crippen LogP contribution in [0.5, 0.6) is 0 Å². The van der Waals surface area contributed by atoms with Gasteiger partial charge >= 0.3 is 5.97 Å². The molecule has 0 radical (unpaired) electrons. The van der Waals surface area contributed by atoms with Gasteiger partial charge in [-0.2, -0.15) is 0 Å². The third-order valence-corrected chi connectivity index (χ3v) is 4.11. The Labute approximate surface area is 149 Å². The monoisotopic (exact) mass is 348 g/mol. The first-order valence-corrected chi connectivity index (χ1v) is 8.49. The fourth-order valence-corrected chi connectivity index (χ4v) is 2.79.